The highest BCUT2D eigenvalue weighted by atomic mass is 32.2. The predicted molar refractivity (Wildman–Crippen MR) is 47.1 cm³/mol. The quantitative estimate of drug-likeness (QED) is 0.573. The molecule has 0 aliphatic carbocycles. The summed E-state index contributed by atoms with van der Waals surface area (Å²) in [6.07, 6.45) is 1.62. The van der Waals surface area contributed by atoms with E-state index in [9.17, 15) is 0 Å². The van der Waals surface area contributed by atoms with Gasteiger partial charge >= 0.3 is 0 Å². The maximum atomic E-state index is 5.04. The van der Waals surface area contributed by atoms with Gasteiger partial charge in [0.25, 0.3) is 0 Å². The minimum atomic E-state index is -0.349. The minimum absolute atomic E-state index is 0.349. The Morgan fingerprint density at radius 3 is 2.58 bits per heavy atom. The third-order valence-electron chi connectivity index (χ3n) is 1.47. The van der Waals surface area contributed by atoms with Crippen molar-refractivity contribution in [1.82, 2.24) is 10.2 Å². The van der Waals surface area contributed by atoms with Crippen LogP contribution >= 0.6 is 11.8 Å². The average Bonchev–Trinajstić information content (AvgIpc) is 2.55. The van der Waals surface area contributed by atoms with Crippen molar-refractivity contribution in [3.8, 4) is 0 Å². The molecule has 1 aromatic heterocycles. The molecule has 0 fully saturated rings. The molecule has 68 valence electrons. The van der Waals surface area contributed by atoms with E-state index in [2.05, 4.69) is 10.2 Å². The van der Waals surface area contributed by atoms with Crippen LogP contribution in [0.3, 0.4) is 0 Å². The molecule has 0 saturated heterocycles. The first-order chi connectivity index (χ1) is 5.81. The van der Waals surface area contributed by atoms with Crippen molar-refractivity contribution in [3.63, 3.8) is 0 Å². The van der Waals surface area contributed by atoms with Gasteiger partial charge in [-0.05, 0) is 12.3 Å². The van der Waals surface area contributed by atoms with E-state index in [0.717, 1.165) is 10.7 Å². The molecule has 0 aliphatic heterocycles. The fraction of sp³-hybridized carbons (Fsp3) is 0.571. The molecule has 12 heavy (non-hydrogen) atoms. The molecule has 5 heteroatoms. The van der Waals surface area contributed by atoms with Crippen LogP contribution in [0.2, 0.25) is 0 Å². The Hall–Kier alpha value is -0.520. The lowest BCUT2D eigenvalue weighted by molar-refractivity contribution is -0.108. The largest absolute Gasteiger partial charge is 0.350 e. The predicted octanol–water partition coefficient (Wildman–Crippen LogP) is 1.42. The van der Waals surface area contributed by atoms with E-state index >= 15 is 0 Å². The van der Waals surface area contributed by atoms with Crippen LogP contribution < -0.4 is 0 Å². The zero-order chi connectivity index (χ0) is 8.97. The summed E-state index contributed by atoms with van der Waals surface area (Å²) in [6.45, 7) is 0. The highest BCUT2D eigenvalue weighted by Crippen LogP contribution is 2.19. The Labute approximate surface area is 75.6 Å². The van der Waals surface area contributed by atoms with Crippen LogP contribution in [0.25, 0.3) is 0 Å². The summed E-state index contributed by atoms with van der Waals surface area (Å²) in [6, 6.07) is 1.91. The fourth-order valence-electron chi connectivity index (χ4n) is 0.893. The van der Waals surface area contributed by atoms with Gasteiger partial charge in [-0.25, -0.2) is 0 Å². The van der Waals surface area contributed by atoms with E-state index in [1.54, 1.807) is 26.0 Å². The summed E-state index contributed by atoms with van der Waals surface area (Å²) in [7, 11) is 3.18. The lowest BCUT2D eigenvalue weighted by Gasteiger charge is -2.09. The molecule has 1 aromatic rings. The molecule has 0 atom stereocenters. The summed E-state index contributed by atoms with van der Waals surface area (Å²) < 4.78 is 10.1. The molecular weight excluding hydrogens is 176 g/mol. The first-order valence-corrected chi connectivity index (χ1v) is 4.69. The van der Waals surface area contributed by atoms with Gasteiger partial charge in [0.05, 0.1) is 5.69 Å². The molecule has 0 aromatic carbocycles. The van der Waals surface area contributed by atoms with Gasteiger partial charge in [0, 0.05) is 14.2 Å². The van der Waals surface area contributed by atoms with Gasteiger partial charge in [0.1, 0.15) is 5.03 Å². The van der Waals surface area contributed by atoms with E-state index < -0.39 is 0 Å². The van der Waals surface area contributed by atoms with Crippen LogP contribution in [-0.4, -0.2) is 30.7 Å². The average molecular weight is 188 g/mol. The highest BCUT2D eigenvalue weighted by molar-refractivity contribution is 7.98. The summed E-state index contributed by atoms with van der Waals surface area (Å²) >= 11 is 1.57. The van der Waals surface area contributed by atoms with Gasteiger partial charge in [0.2, 0.25) is 0 Å². The Morgan fingerprint density at radius 2 is 2.17 bits per heavy atom. The highest BCUT2D eigenvalue weighted by Gasteiger charge is 2.11. The maximum Gasteiger partial charge on any atom is 0.200 e. The molecule has 0 spiro atoms. The van der Waals surface area contributed by atoms with Gasteiger partial charge in [-0.2, -0.15) is 5.10 Å². The molecule has 0 aliphatic rings. The Morgan fingerprint density at radius 1 is 1.50 bits per heavy atom. The molecule has 0 saturated carbocycles. The number of hydrogen-bond donors (Lipinski definition) is 1. The van der Waals surface area contributed by atoms with Crippen molar-refractivity contribution < 1.29 is 9.47 Å². The lowest BCUT2D eigenvalue weighted by Crippen LogP contribution is -2.03. The normalized spacial score (nSPS) is 11.0. The van der Waals surface area contributed by atoms with Gasteiger partial charge < -0.3 is 9.47 Å². The second-order valence-corrected chi connectivity index (χ2v) is 3.00. The number of thioether (sulfide) groups is 1. The zero-order valence-electron chi connectivity index (χ0n) is 7.33. The summed E-state index contributed by atoms with van der Waals surface area (Å²) in [5, 5.41) is 7.80. The second-order valence-electron chi connectivity index (χ2n) is 2.17. The second kappa shape index (κ2) is 4.49. The topological polar surface area (TPSA) is 47.1 Å². The molecule has 0 amide bonds. The molecular formula is C7H12N2O2S. The first-order valence-electron chi connectivity index (χ1n) is 3.46. The number of methoxy groups -OCH3 is 2. The fourth-order valence-corrected chi connectivity index (χ4v) is 1.27. The standard InChI is InChI=1S/C7H12N2O2S/c1-10-7(11-2)5-4-6(12-3)9-8-5/h4,7H,1-3H3,(H,8,9). The van der Waals surface area contributed by atoms with Crippen LogP contribution in [0.1, 0.15) is 12.0 Å². The third kappa shape index (κ3) is 2.00. The van der Waals surface area contributed by atoms with Gasteiger partial charge in [-0.1, -0.05) is 0 Å². The van der Waals surface area contributed by atoms with Crippen molar-refractivity contribution in [2.24, 2.45) is 0 Å². The number of H-pyrrole nitrogens is 1. The molecule has 0 bridgehead atoms. The number of aromatic nitrogens is 2. The number of nitrogens with one attached hydrogen (secondary N) is 1. The third-order valence-corrected chi connectivity index (χ3v) is 2.09. The first kappa shape index (κ1) is 9.57. The van der Waals surface area contributed by atoms with E-state index in [4.69, 9.17) is 9.47 Å². The van der Waals surface area contributed by atoms with E-state index in [-0.39, 0.29) is 6.29 Å². The number of ether oxygens (including phenoxy) is 2. The van der Waals surface area contributed by atoms with E-state index in [1.165, 1.54) is 0 Å². The van der Waals surface area contributed by atoms with Crippen molar-refractivity contribution >= 4 is 11.8 Å². The number of aromatic amines is 1. The smallest absolute Gasteiger partial charge is 0.200 e. The van der Waals surface area contributed by atoms with Crippen LogP contribution in [0.5, 0.6) is 0 Å². The van der Waals surface area contributed by atoms with Crippen LogP contribution in [0, 0.1) is 0 Å². The van der Waals surface area contributed by atoms with Crippen molar-refractivity contribution in [2.75, 3.05) is 20.5 Å². The maximum absolute atomic E-state index is 5.04. The van der Waals surface area contributed by atoms with Crippen LogP contribution in [0.4, 0.5) is 0 Å². The Bertz CT molecular complexity index is 235. The number of hydrogen-bond acceptors (Lipinski definition) is 4. The van der Waals surface area contributed by atoms with Crippen molar-refractivity contribution in [2.45, 2.75) is 11.3 Å². The van der Waals surface area contributed by atoms with Gasteiger partial charge in [-0.15, -0.1) is 11.8 Å². The SMILES string of the molecule is COC(OC)c1cc(SC)n[nH]1. The van der Waals surface area contributed by atoms with Crippen LogP contribution in [-0.2, 0) is 9.47 Å². The van der Waals surface area contributed by atoms with Crippen LogP contribution in [0.15, 0.2) is 11.1 Å². The Balaban J connectivity index is 2.72. The summed E-state index contributed by atoms with van der Waals surface area (Å²) in [5.74, 6) is 0. The lowest BCUT2D eigenvalue weighted by atomic mass is 10.4. The molecule has 1 rings (SSSR count). The van der Waals surface area contributed by atoms with Crippen molar-refractivity contribution in [3.05, 3.63) is 11.8 Å². The molecule has 1 heterocycles. The summed E-state index contributed by atoms with van der Waals surface area (Å²) in [4.78, 5) is 0. The molecule has 1 N–H and O–H groups in total. The number of nitrogens with zero attached hydrogens (tertiary/aromatic N) is 1. The van der Waals surface area contributed by atoms with Gasteiger partial charge in [0.15, 0.2) is 6.29 Å². The molecule has 0 unspecified atom stereocenters. The van der Waals surface area contributed by atoms with Crippen molar-refractivity contribution in [1.29, 1.82) is 0 Å². The molecule has 0 radical (unpaired) electrons. The zero-order valence-corrected chi connectivity index (χ0v) is 8.14. The Kier molecular flexibility index (Phi) is 3.58. The molecule has 4 nitrogen and oxygen atoms in total. The summed E-state index contributed by atoms with van der Waals surface area (Å²) in [5.41, 5.74) is 0.837. The van der Waals surface area contributed by atoms with E-state index in [0.29, 0.717) is 0 Å². The number of rotatable bonds is 4. The van der Waals surface area contributed by atoms with Gasteiger partial charge in [-0.3, -0.25) is 5.10 Å². The minimum Gasteiger partial charge on any atom is -0.350 e. The monoisotopic (exact) mass is 188 g/mol. The van der Waals surface area contributed by atoms with E-state index in [1.807, 2.05) is 12.3 Å².